The van der Waals surface area contributed by atoms with Crippen molar-refractivity contribution in [2.75, 3.05) is 6.61 Å². The number of aromatic nitrogens is 2. The zero-order valence-corrected chi connectivity index (χ0v) is 10.6. The van der Waals surface area contributed by atoms with Crippen molar-refractivity contribution in [3.05, 3.63) is 44.8 Å². The fourth-order valence-electron chi connectivity index (χ4n) is 1.84. The van der Waals surface area contributed by atoms with E-state index in [1.807, 2.05) is 0 Å². The zero-order valence-electron chi connectivity index (χ0n) is 10.6. The molecule has 0 unspecified atom stereocenters. The Labute approximate surface area is 108 Å². The van der Waals surface area contributed by atoms with Gasteiger partial charge in [0.05, 0.1) is 6.61 Å². The van der Waals surface area contributed by atoms with Crippen molar-refractivity contribution >= 4 is 5.97 Å². The molecule has 0 aliphatic carbocycles. The highest BCUT2D eigenvalue weighted by Crippen LogP contribution is 2.20. The predicted molar refractivity (Wildman–Crippen MR) is 65.7 cm³/mol. The number of hydrogen-bond acceptors (Lipinski definition) is 5. The lowest BCUT2D eigenvalue weighted by Gasteiger charge is -2.28. The summed E-state index contributed by atoms with van der Waals surface area (Å²) in [5.74, 6) is -0.473. The van der Waals surface area contributed by atoms with E-state index in [4.69, 9.17) is 9.47 Å². The first-order valence-corrected chi connectivity index (χ1v) is 5.76. The Morgan fingerprint density at radius 3 is 2.95 bits per heavy atom. The van der Waals surface area contributed by atoms with E-state index in [9.17, 15) is 14.4 Å². The van der Waals surface area contributed by atoms with Gasteiger partial charge in [-0.1, -0.05) is 6.08 Å². The fraction of sp³-hybridized carbons (Fsp3) is 0.417. The molecule has 7 heteroatoms. The Hall–Kier alpha value is -2.15. The normalized spacial score (nSPS) is 22.2. The Balaban J connectivity index is 2.41. The summed E-state index contributed by atoms with van der Waals surface area (Å²) in [4.78, 5) is 36.3. The maximum absolute atomic E-state index is 11.8. The summed E-state index contributed by atoms with van der Waals surface area (Å²) in [5, 5.41) is 0. The van der Waals surface area contributed by atoms with Crippen molar-refractivity contribution in [3.63, 3.8) is 0 Å². The van der Waals surface area contributed by atoms with E-state index in [2.05, 4.69) is 4.98 Å². The van der Waals surface area contributed by atoms with Gasteiger partial charge in [0, 0.05) is 18.7 Å². The van der Waals surface area contributed by atoms with E-state index in [-0.39, 0.29) is 0 Å². The molecular weight excluding hydrogens is 252 g/mol. The van der Waals surface area contributed by atoms with Gasteiger partial charge in [-0.15, -0.1) is 0 Å². The molecule has 19 heavy (non-hydrogen) atoms. The number of hydrogen-bond donors (Lipinski definition) is 1. The van der Waals surface area contributed by atoms with E-state index in [0.29, 0.717) is 12.2 Å². The highest BCUT2D eigenvalue weighted by atomic mass is 16.6. The number of aromatic amines is 1. The predicted octanol–water partition coefficient (Wildman–Crippen LogP) is -0.138. The molecule has 0 saturated carbocycles. The van der Waals surface area contributed by atoms with Crippen LogP contribution in [0.2, 0.25) is 0 Å². The number of carbonyl (C=O) groups excluding carboxylic acids is 1. The summed E-state index contributed by atoms with van der Waals surface area (Å²) in [6.45, 7) is 3.15. The number of nitrogens with one attached hydrogen (secondary N) is 1. The second kappa shape index (κ2) is 5.23. The van der Waals surface area contributed by atoms with E-state index in [1.165, 1.54) is 17.7 Å². The van der Waals surface area contributed by atoms with Crippen LogP contribution in [0, 0.1) is 6.92 Å². The maximum atomic E-state index is 11.8. The van der Waals surface area contributed by atoms with Gasteiger partial charge < -0.3 is 9.47 Å². The molecule has 7 nitrogen and oxygen atoms in total. The molecule has 2 heterocycles. The fourth-order valence-corrected chi connectivity index (χ4v) is 1.84. The maximum Gasteiger partial charge on any atom is 0.330 e. The van der Waals surface area contributed by atoms with Crippen LogP contribution in [0.1, 0.15) is 18.7 Å². The summed E-state index contributed by atoms with van der Waals surface area (Å²) in [7, 11) is 0. The van der Waals surface area contributed by atoms with Gasteiger partial charge in [-0.05, 0) is 13.0 Å². The van der Waals surface area contributed by atoms with Crippen molar-refractivity contribution in [2.45, 2.75) is 26.2 Å². The van der Waals surface area contributed by atoms with Crippen LogP contribution in [0.4, 0.5) is 0 Å². The SMILES string of the molecule is CC(=O)O[C@H]1C=CCO[C@@H]1n1cc(C)c(=O)[nH]c1=O. The summed E-state index contributed by atoms with van der Waals surface area (Å²) in [6, 6.07) is 0. The molecule has 0 radical (unpaired) electrons. The van der Waals surface area contributed by atoms with Crippen molar-refractivity contribution in [1.82, 2.24) is 9.55 Å². The lowest BCUT2D eigenvalue weighted by Crippen LogP contribution is -2.40. The van der Waals surface area contributed by atoms with Crippen LogP contribution in [0.3, 0.4) is 0 Å². The lowest BCUT2D eigenvalue weighted by molar-refractivity contribution is -0.157. The molecule has 102 valence electrons. The molecule has 0 saturated heterocycles. The van der Waals surface area contributed by atoms with E-state index < -0.39 is 29.6 Å². The molecule has 0 bridgehead atoms. The molecule has 1 N–H and O–H groups in total. The van der Waals surface area contributed by atoms with E-state index in [0.717, 1.165) is 0 Å². The summed E-state index contributed by atoms with van der Waals surface area (Å²) >= 11 is 0. The van der Waals surface area contributed by atoms with E-state index >= 15 is 0 Å². The van der Waals surface area contributed by atoms with Crippen LogP contribution in [0.25, 0.3) is 0 Å². The molecule has 2 atom stereocenters. The van der Waals surface area contributed by atoms with E-state index in [1.54, 1.807) is 19.1 Å². The highest BCUT2D eigenvalue weighted by molar-refractivity contribution is 5.66. The van der Waals surface area contributed by atoms with Crippen molar-refractivity contribution < 1.29 is 14.3 Å². The number of carbonyl (C=O) groups is 1. The van der Waals surface area contributed by atoms with Gasteiger partial charge >= 0.3 is 11.7 Å². The quantitative estimate of drug-likeness (QED) is 0.594. The molecule has 0 spiro atoms. The molecule has 1 aromatic heterocycles. The standard InChI is InChI=1S/C12H14N2O5/c1-7-6-14(12(17)13-10(7)16)11-9(19-8(2)15)4-3-5-18-11/h3-4,6,9,11H,5H2,1-2H3,(H,13,16,17)/t9-,11-/m0/s1. The van der Waals surface area contributed by atoms with Crippen LogP contribution in [0.5, 0.6) is 0 Å². The first kappa shape index (κ1) is 13.3. The molecule has 0 aromatic carbocycles. The Morgan fingerprint density at radius 1 is 1.53 bits per heavy atom. The zero-order chi connectivity index (χ0) is 14.0. The number of nitrogens with zero attached hydrogens (tertiary/aromatic N) is 1. The van der Waals surface area contributed by atoms with Crippen LogP contribution in [-0.4, -0.2) is 28.2 Å². The first-order chi connectivity index (χ1) is 8.99. The van der Waals surface area contributed by atoms with Crippen LogP contribution in [0.15, 0.2) is 27.9 Å². The summed E-state index contributed by atoms with van der Waals surface area (Å²) < 4.78 is 11.7. The van der Waals surface area contributed by atoms with Gasteiger partial charge in [-0.2, -0.15) is 0 Å². The van der Waals surface area contributed by atoms with Crippen molar-refractivity contribution in [1.29, 1.82) is 0 Å². The third kappa shape index (κ3) is 2.82. The summed E-state index contributed by atoms with van der Waals surface area (Å²) in [5.41, 5.74) is -0.677. The molecule has 0 fully saturated rings. The Kier molecular flexibility index (Phi) is 3.66. The Bertz CT molecular complexity index is 628. The second-order valence-electron chi connectivity index (χ2n) is 4.20. The largest absolute Gasteiger partial charge is 0.453 e. The minimum Gasteiger partial charge on any atom is -0.453 e. The molecule has 1 aliphatic heterocycles. The second-order valence-corrected chi connectivity index (χ2v) is 4.20. The minimum atomic E-state index is -0.781. The smallest absolute Gasteiger partial charge is 0.330 e. The van der Waals surface area contributed by atoms with Crippen molar-refractivity contribution in [3.8, 4) is 0 Å². The third-order valence-corrected chi connectivity index (χ3v) is 2.69. The van der Waals surface area contributed by atoms with Crippen molar-refractivity contribution in [2.24, 2.45) is 0 Å². The van der Waals surface area contributed by atoms with Gasteiger partial charge in [0.15, 0.2) is 12.3 Å². The Morgan fingerprint density at radius 2 is 2.26 bits per heavy atom. The molecule has 1 aliphatic rings. The summed E-state index contributed by atoms with van der Waals surface area (Å²) in [6.07, 6.45) is 3.27. The number of esters is 1. The molecular formula is C12H14N2O5. The van der Waals surface area contributed by atoms with Crippen LogP contribution < -0.4 is 11.2 Å². The molecule has 0 amide bonds. The average molecular weight is 266 g/mol. The molecule has 1 aromatic rings. The number of ether oxygens (including phenoxy) is 2. The van der Waals surface area contributed by atoms with Gasteiger partial charge in [0.1, 0.15) is 0 Å². The van der Waals surface area contributed by atoms with Gasteiger partial charge in [0.25, 0.3) is 5.56 Å². The van der Waals surface area contributed by atoms with Crippen LogP contribution >= 0.6 is 0 Å². The van der Waals surface area contributed by atoms with Crippen LogP contribution in [-0.2, 0) is 14.3 Å². The van der Waals surface area contributed by atoms with Gasteiger partial charge in [0.2, 0.25) is 0 Å². The number of H-pyrrole nitrogens is 1. The lowest BCUT2D eigenvalue weighted by atomic mass is 10.2. The third-order valence-electron chi connectivity index (χ3n) is 2.69. The minimum absolute atomic E-state index is 0.299. The average Bonchev–Trinajstić information content (AvgIpc) is 2.34. The molecule has 2 rings (SSSR count). The number of aryl methyl sites for hydroxylation is 1. The van der Waals surface area contributed by atoms with Gasteiger partial charge in [-0.25, -0.2) is 4.79 Å². The van der Waals surface area contributed by atoms with Gasteiger partial charge in [-0.3, -0.25) is 19.1 Å². The highest BCUT2D eigenvalue weighted by Gasteiger charge is 2.28. The monoisotopic (exact) mass is 266 g/mol. The first-order valence-electron chi connectivity index (χ1n) is 5.76. The number of rotatable bonds is 2. The topological polar surface area (TPSA) is 90.4 Å².